The molecule has 0 spiro atoms. The lowest BCUT2D eigenvalue weighted by Gasteiger charge is -2.37. The van der Waals surface area contributed by atoms with Crippen molar-refractivity contribution < 1.29 is 22.7 Å². The third-order valence-electron chi connectivity index (χ3n) is 4.45. The Balaban J connectivity index is 1.85. The molecule has 7 nitrogen and oxygen atoms in total. The van der Waals surface area contributed by atoms with Gasteiger partial charge in [0, 0.05) is 52.0 Å². The number of hydrogen-bond acceptors (Lipinski definition) is 4. The Kier molecular flexibility index (Phi) is 7.36. The lowest BCUT2D eigenvalue weighted by Crippen LogP contribution is -2.54. The predicted octanol–water partition coefficient (Wildman–Crippen LogP) is 1.41. The Bertz CT molecular complexity index is 688. The Labute approximate surface area is 162 Å². The molecule has 1 fully saturated rings. The molecule has 2 rings (SSSR count). The summed E-state index contributed by atoms with van der Waals surface area (Å²) in [6.07, 6.45) is -4.41. The molecule has 1 heterocycles. The van der Waals surface area contributed by atoms with Crippen molar-refractivity contribution in [3.8, 4) is 5.75 Å². The molecular weight excluding hydrogens is 375 g/mol. The van der Waals surface area contributed by atoms with Crippen LogP contribution in [0.25, 0.3) is 0 Å². The minimum absolute atomic E-state index is 0.241. The number of carbonyl (C=O) groups is 1. The van der Waals surface area contributed by atoms with Crippen molar-refractivity contribution in [1.29, 1.82) is 0 Å². The van der Waals surface area contributed by atoms with E-state index in [9.17, 15) is 18.0 Å². The van der Waals surface area contributed by atoms with Crippen LogP contribution >= 0.6 is 0 Å². The first-order valence-corrected chi connectivity index (χ1v) is 8.89. The van der Waals surface area contributed by atoms with E-state index < -0.39 is 18.6 Å². The van der Waals surface area contributed by atoms with Gasteiger partial charge in [-0.1, -0.05) is 6.07 Å². The third kappa shape index (κ3) is 6.21. The summed E-state index contributed by atoms with van der Waals surface area (Å²) in [5.41, 5.74) is 1.06. The SMILES string of the molecule is CN=C(NCC(=O)N(C)CC(F)(F)F)N1CCN(c2cccc(OC)c2)CC1. The number of likely N-dealkylation sites (N-methyl/N-ethyl adjacent to an activating group) is 1. The van der Waals surface area contributed by atoms with Gasteiger partial charge in [-0.15, -0.1) is 0 Å². The third-order valence-corrected chi connectivity index (χ3v) is 4.45. The maximum Gasteiger partial charge on any atom is 0.406 e. The van der Waals surface area contributed by atoms with Crippen LogP contribution in [0.15, 0.2) is 29.3 Å². The van der Waals surface area contributed by atoms with E-state index >= 15 is 0 Å². The summed E-state index contributed by atoms with van der Waals surface area (Å²) in [7, 11) is 4.34. The second-order valence-corrected chi connectivity index (χ2v) is 6.44. The van der Waals surface area contributed by atoms with Gasteiger partial charge >= 0.3 is 6.18 Å². The lowest BCUT2D eigenvalue weighted by atomic mass is 10.2. The largest absolute Gasteiger partial charge is 0.497 e. The molecule has 0 atom stereocenters. The number of alkyl halides is 3. The van der Waals surface area contributed by atoms with E-state index in [0.717, 1.165) is 31.6 Å². The summed E-state index contributed by atoms with van der Waals surface area (Å²) < 4.78 is 42.4. The van der Waals surface area contributed by atoms with Gasteiger partial charge in [0.2, 0.25) is 5.91 Å². The van der Waals surface area contributed by atoms with Gasteiger partial charge < -0.3 is 24.8 Å². The minimum Gasteiger partial charge on any atom is -0.497 e. The number of amides is 1. The zero-order valence-corrected chi connectivity index (χ0v) is 16.3. The van der Waals surface area contributed by atoms with Crippen LogP contribution in [0.5, 0.6) is 5.75 Å². The van der Waals surface area contributed by atoms with Crippen molar-refractivity contribution >= 4 is 17.6 Å². The molecular formula is C18H26F3N5O2. The van der Waals surface area contributed by atoms with Gasteiger partial charge in [0.1, 0.15) is 12.3 Å². The van der Waals surface area contributed by atoms with Crippen LogP contribution in [0.1, 0.15) is 0 Å². The van der Waals surface area contributed by atoms with Gasteiger partial charge in [-0.05, 0) is 12.1 Å². The van der Waals surface area contributed by atoms with E-state index in [0.29, 0.717) is 23.9 Å². The number of methoxy groups -OCH3 is 1. The van der Waals surface area contributed by atoms with Gasteiger partial charge in [-0.2, -0.15) is 13.2 Å². The summed E-state index contributed by atoms with van der Waals surface area (Å²) in [5.74, 6) is 0.645. The molecule has 1 amide bonds. The number of guanidine groups is 1. The van der Waals surface area contributed by atoms with Crippen molar-refractivity contribution in [1.82, 2.24) is 15.1 Å². The van der Waals surface area contributed by atoms with Crippen molar-refractivity contribution in [2.45, 2.75) is 6.18 Å². The monoisotopic (exact) mass is 401 g/mol. The predicted molar refractivity (Wildman–Crippen MR) is 102 cm³/mol. The summed E-state index contributed by atoms with van der Waals surface area (Å²) >= 11 is 0. The molecule has 1 aromatic rings. The summed E-state index contributed by atoms with van der Waals surface area (Å²) in [6, 6.07) is 7.81. The number of hydrogen-bond donors (Lipinski definition) is 1. The molecule has 0 unspecified atom stereocenters. The summed E-state index contributed by atoms with van der Waals surface area (Å²) in [5, 5.41) is 2.86. The number of nitrogens with one attached hydrogen (secondary N) is 1. The molecule has 1 N–H and O–H groups in total. The highest BCUT2D eigenvalue weighted by atomic mass is 19.4. The van der Waals surface area contributed by atoms with E-state index in [2.05, 4.69) is 15.2 Å². The van der Waals surface area contributed by atoms with Gasteiger partial charge in [0.15, 0.2) is 5.96 Å². The normalized spacial score (nSPS) is 15.4. The van der Waals surface area contributed by atoms with Crippen LogP contribution in [0, 0.1) is 0 Å². The molecule has 28 heavy (non-hydrogen) atoms. The lowest BCUT2D eigenvalue weighted by molar-refractivity contribution is -0.157. The molecule has 1 saturated heterocycles. The van der Waals surface area contributed by atoms with E-state index in [-0.39, 0.29) is 6.54 Å². The van der Waals surface area contributed by atoms with Crippen LogP contribution < -0.4 is 15.0 Å². The van der Waals surface area contributed by atoms with Crippen LogP contribution in [0.4, 0.5) is 18.9 Å². The van der Waals surface area contributed by atoms with Crippen LogP contribution in [-0.2, 0) is 4.79 Å². The minimum atomic E-state index is -4.41. The molecule has 0 saturated carbocycles. The number of anilines is 1. The van der Waals surface area contributed by atoms with Crippen molar-refractivity contribution in [3.05, 3.63) is 24.3 Å². The second-order valence-electron chi connectivity index (χ2n) is 6.44. The number of aliphatic imine (C=N–C) groups is 1. The Hall–Kier alpha value is -2.65. The zero-order chi connectivity index (χ0) is 20.7. The Morgan fingerprint density at radius 2 is 1.96 bits per heavy atom. The van der Waals surface area contributed by atoms with Gasteiger partial charge in [-0.3, -0.25) is 9.79 Å². The number of nitrogens with zero attached hydrogens (tertiary/aromatic N) is 4. The molecule has 10 heteroatoms. The highest BCUT2D eigenvalue weighted by molar-refractivity contribution is 5.86. The Morgan fingerprint density at radius 3 is 2.54 bits per heavy atom. The first kappa shape index (κ1) is 21.6. The molecule has 0 aromatic heterocycles. The highest BCUT2D eigenvalue weighted by Gasteiger charge is 2.31. The number of piperazine rings is 1. The molecule has 0 aliphatic carbocycles. The van der Waals surface area contributed by atoms with Gasteiger partial charge in [0.05, 0.1) is 13.7 Å². The molecule has 1 aromatic carbocycles. The van der Waals surface area contributed by atoms with Gasteiger partial charge in [-0.25, -0.2) is 0 Å². The first-order valence-electron chi connectivity index (χ1n) is 8.89. The fraction of sp³-hybridized carbons (Fsp3) is 0.556. The highest BCUT2D eigenvalue weighted by Crippen LogP contribution is 2.22. The molecule has 0 radical (unpaired) electrons. The second kappa shape index (κ2) is 9.52. The van der Waals surface area contributed by atoms with E-state index in [4.69, 9.17) is 4.74 Å². The number of halogens is 3. The number of rotatable bonds is 5. The molecule has 0 bridgehead atoms. The van der Waals surface area contributed by atoms with Crippen molar-refractivity contribution in [3.63, 3.8) is 0 Å². The summed E-state index contributed by atoms with van der Waals surface area (Å²) in [6.45, 7) is 1.32. The maximum absolute atomic E-state index is 12.4. The van der Waals surface area contributed by atoms with Crippen LogP contribution in [0.3, 0.4) is 0 Å². The topological polar surface area (TPSA) is 60.4 Å². The van der Waals surface area contributed by atoms with E-state index in [1.165, 1.54) is 0 Å². The fourth-order valence-corrected chi connectivity index (χ4v) is 2.96. The molecule has 1 aliphatic heterocycles. The maximum atomic E-state index is 12.4. The summed E-state index contributed by atoms with van der Waals surface area (Å²) in [4.78, 5) is 20.9. The van der Waals surface area contributed by atoms with Crippen LogP contribution in [0.2, 0.25) is 0 Å². The zero-order valence-electron chi connectivity index (χ0n) is 16.3. The molecule has 156 valence electrons. The van der Waals surface area contributed by atoms with E-state index in [1.807, 2.05) is 29.2 Å². The van der Waals surface area contributed by atoms with Crippen molar-refractivity contribution in [2.24, 2.45) is 4.99 Å². The average Bonchev–Trinajstić information content (AvgIpc) is 2.67. The van der Waals surface area contributed by atoms with Gasteiger partial charge in [0.25, 0.3) is 0 Å². The smallest absolute Gasteiger partial charge is 0.406 e. The quantitative estimate of drug-likeness (QED) is 0.597. The standard InChI is InChI=1S/C18H26F3N5O2/c1-22-17(23-12-16(27)24(2)13-18(19,20)21)26-9-7-25(8-10-26)14-5-4-6-15(11-14)28-3/h4-6,11H,7-10,12-13H2,1-3H3,(H,22,23). The number of ether oxygens (including phenoxy) is 1. The average molecular weight is 401 g/mol. The number of carbonyl (C=O) groups excluding carboxylic acids is 1. The van der Waals surface area contributed by atoms with Crippen molar-refractivity contribution in [2.75, 3.05) is 65.4 Å². The van der Waals surface area contributed by atoms with Crippen LogP contribution in [-0.4, -0.2) is 88.3 Å². The fourth-order valence-electron chi connectivity index (χ4n) is 2.96. The molecule has 1 aliphatic rings. The Morgan fingerprint density at radius 1 is 1.29 bits per heavy atom. The first-order chi connectivity index (χ1) is 13.2. The van der Waals surface area contributed by atoms with E-state index in [1.54, 1.807) is 14.2 Å². The number of benzene rings is 1.